The van der Waals surface area contributed by atoms with E-state index in [1.165, 1.54) is 0 Å². The van der Waals surface area contributed by atoms with Gasteiger partial charge in [0.15, 0.2) is 0 Å². The third kappa shape index (κ3) is 2.83. The summed E-state index contributed by atoms with van der Waals surface area (Å²) in [6.07, 6.45) is 1.90. The van der Waals surface area contributed by atoms with E-state index in [9.17, 15) is 9.59 Å². The minimum Gasteiger partial charge on any atom is -0.481 e. The van der Waals surface area contributed by atoms with E-state index in [0.29, 0.717) is 6.42 Å². The van der Waals surface area contributed by atoms with Gasteiger partial charge < -0.3 is 20.9 Å². The highest BCUT2D eigenvalue weighted by atomic mass is 16.5. The van der Waals surface area contributed by atoms with Crippen LogP contribution in [0.1, 0.15) is 13.3 Å². The number of carboxylic acids is 1. The lowest BCUT2D eigenvalue weighted by atomic mass is 9.85. The Kier molecular flexibility index (Phi) is 4.25. The summed E-state index contributed by atoms with van der Waals surface area (Å²) >= 11 is 0. The first-order chi connectivity index (χ1) is 7.91. The molecule has 3 atom stereocenters. The first-order valence-corrected chi connectivity index (χ1v) is 5.40. The number of carboxylic acid groups (broad SMARTS) is 1. The van der Waals surface area contributed by atoms with E-state index in [0.717, 1.165) is 0 Å². The van der Waals surface area contributed by atoms with Crippen LogP contribution in [-0.4, -0.2) is 42.3 Å². The van der Waals surface area contributed by atoms with Gasteiger partial charge in [0.2, 0.25) is 5.91 Å². The maximum Gasteiger partial charge on any atom is 0.313 e. The van der Waals surface area contributed by atoms with E-state index >= 15 is 0 Å². The molecule has 0 radical (unpaired) electrons. The van der Waals surface area contributed by atoms with E-state index in [1.54, 1.807) is 13.0 Å². The summed E-state index contributed by atoms with van der Waals surface area (Å²) in [5.41, 5.74) is 4.51. The van der Waals surface area contributed by atoms with Crippen LogP contribution in [0.5, 0.6) is 0 Å². The van der Waals surface area contributed by atoms with Crippen molar-refractivity contribution in [3.8, 4) is 0 Å². The molecule has 0 aliphatic carbocycles. The van der Waals surface area contributed by atoms with Gasteiger partial charge in [0, 0.05) is 0 Å². The molecule has 1 aliphatic heterocycles. The van der Waals surface area contributed by atoms with Crippen molar-refractivity contribution in [3.63, 3.8) is 0 Å². The highest BCUT2D eigenvalue weighted by Gasteiger charge is 2.47. The second kappa shape index (κ2) is 5.29. The molecular weight excluding hydrogens is 224 g/mol. The van der Waals surface area contributed by atoms with E-state index in [2.05, 4.69) is 11.9 Å². The summed E-state index contributed by atoms with van der Waals surface area (Å²) in [6, 6.07) is -1.26. The van der Waals surface area contributed by atoms with Crippen LogP contribution in [0.4, 0.5) is 0 Å². The Morgan fingerprint density at radius 3 is 2.94 bits per heavy atom. The number of nitrogens with one attached hydrogen (secondary N) is 1. The number of carbonyl (C=O) groups is 2. The number of aliphatic carboxylic acids is 1. The van der Waals surface area contributed by atoms with E-state index in [4.69, 9.17) is 15.6 Å². The molecule has 0 saturated carbocycles. The highest BCUT2D eigenvalue weighted by molar-refractivity contribution is 5.83. The van der Waals surface area contributed by atoms with Crippen molar-refractivity contribution in [1.82, 2.24) is 5.32 Å². The monoisotopic (exact) mass is 242 g/mol. The van der Waals surface area contributed by atoms with E-state index in [-0.39, 0.29) is 19.1 Å². The van der Waals surface area contributed by atoms with Crippen molar-refractivity contribution in [2.24, 2.45) is 11.1 Å². The lowest BCUT2D eigenvalue weighted by Crippen LogP contribution is -2.53. The average molecular weight is 242 g/mol. The molecule has 1 aliphatic rings. The molecule has 0 aromatic heterocycles. The molecule has 1 rings (SSSR count). The first-order valence-electron chi connectivity index (χ1n) is 5.40. The van der Waals surface area contributed by atoms with E-state index in [1.807, 2.05) is 0 Å². The Morgan fingerprint density at radius 2 is 2.41 bits per heavy atom. The van der Waals surface area contributed by atoms with Gasteiger partial charge in [-0.05, 0) is 13.3 Å². The number of amides is 1. The molecule has 17 heavy (non-hydrogen) atoms. The maximum absolute atomic E-state index is 11.7. The van der Waals surface area contributed by atoms with Gasteiger partial charge in [-0.3, -0.25) is 9.59 Å². The van der Waals surface area contributed by atoms with Gasteiger partial charge in [-0.2, -0.15) is 0 Å². The molecule has 1 heterocycles. The molecule has 6 heteroatoms. The first kappa shape index (κ1) is 13.7. The van der Waals surface area contributed by atoms with Crippen LogP contribution in [0, 0.1) is 5.41 Å². The van der Waals surface area contributed by atoms with Crippen LogP contribution in [0.3, 0.4) is 0 Å². The molecule has 0 aromatic rings. The molecule has 0 spiro atoms. The summed E-state index contributed by atoms with van der Waals surface area (Å²) in [5.74, 6) is -1.37. The van der Waals surface area contributed by atoms with Crippen LogP contribution in [0.2, 0.25) is 0 Å². The molecule has 1 fully saturated rings. The molecule has 3 unspecified atom stereocenters. The Labute approximate surface area is 99.8 Å². The lowest BCUT2D eigenvalue weighted by molar-refractivity contribution is -0.149. The molecular formula is C11H18N2O4. The van der Waals surface area contributed by atoms with Crippen LogP contribution in [0.25, 0.3) is 0 Å². The second-order valence-corrected chi connectivity index (χ2v) is 4.43. The summed E-state index contributed by atoms with van der Waals surface area (Å²) in [7, 11) is 0. The summed E-state index contributed by atoms with van der Waals surface area (Å²) in [4.78, 5) is 22.8. The number of nitrogens with two attached hydrogens (primary N) is 1. The van der Waals surface area contributed by atoms with Gasteiger partial charge in [-0.1, -0.05) is 6.08 Å². The number of hydrogen-bond acceptors (Lipinski definition) is 4. The lowest BCUT2D eigenvalue weighted by Gasteiger charge is -2.26. The summed E-state index contributed by atoms with van der Waals surface area (Å²) < 4.78 is 5.12. The highest BCUT2D eigenvalue weighted by Crippen LogP contribution is 2.28. The fourth-order valence-corrected chi connectivity index (χ4v) is 1.65. The average Bonchev–Trinajstić information content (AvgIpc) is 2.62. The maximum atomic E-state index is 11.7. The quantitative estimate of drug-likeness (QED) is 0.564. The van der Waals surface area contributed by atoms with Gasteiger partial charge >= 0.3 is 5.97 Å². The third-order valence-corrected chi connectivity index (χ3v) is 3.02. The number of rotatable bonds is 5. The van der Waals surface area contributed by atoms with Gasteiger partial charge in [-0.25, -0.2) is 0 Å². The SMILES string of the molecule is C=CCC(N)C(=O)NC1COCC1(C)C(=O)O. The van der Waals surface area contributed by atoms with Crippen molar-refractivity contribution < 1.29 is 19.4 Å². The zero-order valence-electron chi connectivity index (χ0n) is 9.81. The Balaban J connectivity index is 2.65. The third-order valence-electron chi connectivity index (χ3n) is 3.02. The van der Waals surface area contributed by atoms with Gasteiger partial charge in [0.25, 0.3) is 0 Å². The van der Waals surface area contributed by atoms with Crippen molar-refractivity contribution in [3.05, 3.63) is 12.7 Å². The van der Waals surface area contributed by atoms with Crippen LogP contribution >= 0.6 is 0 Å². The minimum atomic E-state index is -1.09. The van der Waals surface area contributed by atoms with Crippen molar-refractivity contribution >= 4 is 11.9 Å². The largest absolute Gasteiger partial charge is 0.481 e. The predicted molar refractivity (Wildman–Crippen MR) is 61.3 cm³/mol. The van der Waals surface area contributed by atoms with Crippen LogP contribution in [0.15, 0.2) is 12.7 Å². The fourth-order valence-electron chi connectivity index (χ4n) is 1.65. The van der Waals surface area contributed by atoms with Crippen molar-refractivity contribution in [2.75, 3.05) is 13.2 Å². The van der Waals surface area contributed by atoms with Crippen molar-refractivity contribution in [1.29, 1.82) is 0 Å². The minimum absolute atomic E-state index is 0.0873. The summed E-state index contributed by atoms with van der Waals surface area (Å²) in [6.45, 7) is 5.32. The molecule has 96 valence electrons. The molecule has 1 amide bonds. The standard InChI is InChI=1S/C11H18N2O4/c1-3-4-7(12)9(14)13-8-5-17-6-11(8,2)10(15)16/h3,7-8H,1,4-6,12H2,2H3,(H,13,14)(H,15,16). The normalized spacial score (nSPS) is 29.6. The fraction of sp³-hybridized carbons (Fsp3) is 0.636. The van der Waals surface area contributed by atoms with Gasteiger partial charge in [0.05, 0.1) is 25.3 Å². The van der Waals surface area contributed by atoms with Gasteiger partial charge in [0.1, 0.15) is 5.41 Å². The topological polar surface area (TPSA) is 102 Å². The number of carbonyl (C=O) groups excluding carboxylic acids is 1. The predicted octanol–water partition coefficient (Wildman–Crippen LogP) is -0.504. The smallest absolute Gasteiger partial charge is 0.313 e. The Morgan fingerprint density at radius 1 is 1.76 bits per heavy atom. The summed E-state index contributed by atoms with van der Waals surface area (Å²) in [5, 5.41) is 11.7. The Hall–Kier alpha value is -1.40. The molecule has 0 bridgehead atoms. The molecule has 1 saturated heterocycles. The van der Waals surface area contributed by atoms with Crippen LogP contribution < -0.4 is 11.1 Å². The zero-order valence-corrected chi connectivity index (χ0v) is 9.81. The van der Waals surface area contributed by atoms with Crippen LogP contribution in [-0.2, 0) is 14.3 Å². The zero-order chi connectivity index (χ0) is 13.1. The number of hydrogen-bond donors (Lipinski definition) is 3. The van der Waals surface area contributed by atoms with E-state index < -0.39 is 23.5 Å². The molecule has 4 N–H and O–H groups in total. The Bertz CT molecular complexity index is 331. The molecule has 0 aromatic carbocycles. The molecule has 6 nitrogen and oxygen atoms in total. The number of ether oxygens (including phenoxy) is 1. The second-order valence-electron chi connectivity index (χ2n) is 4.43. The van der Waals surface area contributed by atoms with Crippen molar-refractivity contribution in [2.45, 2.75) is 25.4 Å². The van der Waals surface area contributed by atoms with Gasteiger partial charge in [-0.15, -0.1) is 6.58 Å².